The van der Waals surface area contributed by atoms with E-state index in [0.717, 1.165) is 11.1 Å². The predicted octanol–water partition coefficient (Wildman–Crippen LogP) is 3.14. The second-order valence-electron chi connectivity index (χ2n) is 4.52. The van der Waals surface area contributed by atoms with E-state index in [1.807, 2.05) is 18.2 Å². The largest absolute Gasteiger partial charge is 0.508 e. The molecule has 3 rings (SSSR count). The van der Waals surface area contributed by atoms with Gasteiger partial charge in [-0.3, -0.25) is 0 Å². The second-order valence-corrected chi connectivity index (χ2v) is 4.52. The zero-order valence-corrected chi connectivity index (χ0v) is 10.9. The number of fused-ring (bicyclic) bond motifs is 1. The number of allylic oxidation sites excluding steroid dienone is 1. The molecule has 0 saturated carbocycles. The number of phenols is 2. The third-order valence-electron chi connectivity index (χ3n) is 3.39. The molecule has 2 aromatic rings. The predicted molar refractivity (Wildman–Crippen MR) is 74.4 cm³/mol. The Morgan fingerprint density at radius 3 is 2.55 bits per heavy atom. The van der Waals surface area contributed by atoms with Crippen molar-refractivity contribution in [3.8, 4) is 23.0 Å². The van der Waals surface area contributed by atoms with E-state index >= 15 is 0 Å². The molecule has 0 amide bonds. The Balaban J connectivity index is 2.17. The van der Waals surface area contributed by atoms with Gasteiger partial charge < -0.3 is 19.7 Å². The number of aromatic hydroxyl groups is 2. The topological polar surface area (TPSA) is 58.9 Å². The fourth-order valence-electron chi connectivity index (χ4n) is 2.44. The van der Waals surface area contributed by atoms with E-state index in [1.54, 1.807) is 30.5 Å². The van der Waals surface area contributed by atoms with Crippen LogP contribution >= 0.6 is 0 Å². The Hall–Kier alpha value is -2.62. The van der Waals surface area contributed by atoms with E-state index in [2.05, 4.69) is 0 Å². The lowest BCUT2D eigenvalue weighted by atomic mass is 9.88. The number of rotatable bonds is 2. The van der Waals surface area contributed by atoms with Gasteiger partial charge in [0.1, 0.15) is 5.75 Å². The van der Waals surface area contributed by atoms with E-state index < -0.39 is 0 Å². The molecule has 2 aromatic carbocycles. The van der Waals surface area contributed by atoms with Gasteiger partial charge in [-0.25, -0.2) is 0 Å². The average Bonchev–Trinajstić information content (AvgIpc) is 2.47. The number of hydrogen-bond acceptors (Lipinski definition) is 4. The number of benzene rings is 2. The highest BCUT2D eigenvalue weighted by Gasteiger charge is 2.26. The molecule has 0 fully saturated rings. The Bertz CT molecular complexity index is 676. The van der Waals surface area contributed by atoms with Crippen LogP contribution in [0.15, 0.2) is 48.7 Å². The summed E-state index contributed by atoms with van der Waals surface area (Å²) >= 11 is 0. The molecule has 4 heteroatoms. The first-order valence-corrected chi connectivity index (χ1v) is 6.23. The van der Waals surface area contributed by atoms with Crippen LogP contribution in [0.1, 0.15) is 17.0 Å². The van der Waals surface area contributed by atoms with Crippen molar-refractivity contribution in [3.63, 3.8) is 0 Å². The van der Waals surface area contributed by atoms with E-state index in [1.165, 1.54) is 7.11 Å². The van der Waals surface area contributed by atoms with Crippen LogP contribution in [0.2, 0.25) is 0 Å². The van der Waals surface area contributed by atoms with Crippen LogP contribution in [0.4, 0.5) is 0 Å². The molecule has 1 heterocycles. The summed E-state index contributed by atoms with van der Waals surface area (Å²) in [6, 6.07) is 10.5. The van der Waals surface area contributed by atoms with Gasteiger partial charge in [-0.05, 0) is 18.2 Å². The summed E-state index contributed by atoms with van der Waals surface area (Å²) in [5, 5.41) is 19.8. The minimum atomic E-state index is -0.144. The molecule has 0 radical (unpaired) electrons. The molecule has 0 saturated heterocycles. The molecule has 102 valence electrons. The van der Waals surface area contributed by atoms with Crippen molar-refractivity contribution in [2.75, 3.05) is 7.11 Å². The number of ether oxygens (including phenoxy) is 2. The summed E-state index contributed by atoms with van der Waals surface area (Å²) in [4.78, 5) is 0. The molecule has 0 aromatic heterocycles. The normalized spacial score (nSPS) is 16.4. The minimum Gasteiger partial charge on any atom is -0.508 e. The fraction of sp³-hybridized carbons (Fsp3) is 0.125. The molecular weight excluding hydrogens is 256 g/mol. The van der Waals surface area contributed by atoms with Crippen molar-refractivity contribution in [1.29, 1.82) is 0 Å². The highest BCUT2D eigenvalue weighted by atomic mass is 16.5. The molecule has 1 aliphatic heterocycles. The van der Waals surface area contributed by atoms with Crippen molar-refractivity contribution in [1.82, 2.24) is 0 Å². The first-order valence-electron chi connectivity index (χ1n) is 6.23. The summed E-state index contributed by atoms with van der Waals surface area (Å²) in [7, 11) is 1.48. The first kappa shape index (κ1) is 12.4. The van der Waals surface area contributed by atoms with E-state index in [9.17, 15) is 10.2 Å². The number of para-hydroxylation sites is 1. The third-order valence-corrected chi connectivity index (χ3v) is 3.39. The van der Waals surface area contributed by atoms with Gasteiger partial charge in [-0.15, -0.1) is 0 Å². The molecule has 4 nitrogen and oxygen atoms in total. The van der Waals surface area contributed by atoms with Crippen LogP contribution in [0.3, 0.4) is 0 Å². The van der Waals surface area contributed by atoms with Gasteiger partial charge in [-0.2, -0.15) is 0 Å². The van der Waals surface area contributed by atoms with Crippen LogP contribution in [0.5, 0.6) is 23.0 Å². The molecule has 20 heavy (non-hydrogen) atoms. The van der Waals surface area contributed by atoms with Gasteiger partial charge in [0.25, 0.3) is 0 Å². The molecule has 1 atom stereocenters. The zero-order chi connectivity index (χ0) is 14.1. The van der Waals surface area contributed by atoms with E-state index in [4.69, 9.17) is 9.47 Å². The fourth-order valence-corrected chi connectivity index (χ4v) is 2.44. The molecule has 0 bridgehead atoms. The maximum atomic E-state index is 10.0. The van der Waals surface area contributed by atoms with Crippen LogP contribution in [0.25, 0.3) is 0 Å². The standard InChI is InChI=1S/C16H14O4/c1-19-16-14(18)7-6-12-10(8-9-20-15(12)16)11-4-2-3-5-13(11)17/h2-10,17-18H,1H3. The van der Waals surface area contributed by atoms with Crippen molar-refractivity contribution < 1.29 is 19.7 Å². The van der Waals surface area contributed by atoms with Crippen molar-refractivity contribution >= 4 is 0 Å². The first-order chi connectivity index (χ1) is 9.72. The summed E-state index contributed by atoms with van der Waals surface area (Å²) in [6.07, 6.45) is 3.40. The number of phenolic OH excluding ortho intramolecular Hbond substituents is 2. The number of methoxy groups -OCH3 is 1. The summed E-state index contributed by atoms with van der Waals surface area (Å²) in [5.41, 5.74) is 1.62. The van der Waals surface area contributed by atoms with Crippen LogP contribution in [-0.4, -0.2) is 17.3 Å². The van der Waals surface area contributed by atoms with Gasteiger partial charge >= 0.3 is 0 Å². The smallest absolute Gasteiger partial charge is 0.203 e. The van der Waals surface area contributed by atoms with Gasteiger partial charge in [-0.1, -0.05) is 24.3 Å². The highest BCUT2D eigenvalue weighted by Crippen LogP contribution is 2.47. The van der Waals surface area contributed by atoms with Crippen LogP contribution in [-0.2, 0) is 0 Å². The average molecular weight is 270 g/mol. The Morgan fingerprint density at radius 1 is 1.00 bits per heavy atom. The summed E-state index contributed by atoms with van der Waals surface area (Å²) in [6.45, 7) is 0. The highest BCUT2D eigenvalue weighted by molar-refractivity contribution is 5.61. The van der Waals surface area contributed by atoms with Crippen molar-refractivity contribution in [2.45, 2.75) is 5.92 Å². The lowest BCUT2D eigenvalue weighted by Crippen LogP contribution is -2.07. The SMILES string of the molecule is COc1c(O)ccc2c1OC=CC2c1ccccc1O. The molecule has 0 aliphatic carbocycles. The lowest BCUT2D eigenvalue weighted by Gasteiger charge is -2.23. The molecule has 1 aliphatic rings. The van der Waals surface area contributed by atoms with Gasteiger partial charge in [0.05, 0.1) is 13.4 Å². The Labute approximate surface area is 116 Å². The summed E-state index contributed by atoms with van der Waals surface area (Å²) < 4.78 is 10.7. The lowest BCUT2D eigenvalue weighted by molar-refractivity contribution is 0.342. The molecular formula is C16H14O4. The minimum absolute atomic E-state index is 0.0255. The van der Waals surface area contributed by atoms with Crippen LogP contribution < -0.4 is 9.47 Å². The second kappa shape index (κ2) is 4.81. The van der Waals surface area contributed by atoms with Crippen molar-refractivity contribution in [2.24, 2.45) is 0 Å². The maximum absolute atomic E-state index is 10.0. The third kappa shape index (κ3) is 1.86. The molecule has 1 unspecified atom stereocenters. The zero-order valence-electron chi connectivity index (χ0n) is 10.9. The maximum Gasteiger partial charge on any atom is 0.203 e. The van der Waals surface area contributed by atoms with Gasteiger partial charge in [0.15, 0.2) is 11.5 Å². The Kier molecular flexibility index (Phi) is 2.99. The Morgan fingerprint density at radius 2 is 1.80 bits per heavy atom. The van der Waals surface area contributed by atoms with Crippen LogP contribution in [0, 0.1) is 0 Å². The summed E-state index contributed by atoms with van der Waals surface area (Å²) in [5.74, 6) is 0.879. The van der Waals surface area contributed by atoms with Crippen molar-refractivity contribution in [3.05, 3.63) is 59.9 Å². The van der Waals surface area contributed by atoms with E-state index in [0.29, 0.717) is 11.5 Å². The molecule has 0 spiro atoms. The van der Waals surface area contributed by atoms with Gasteiger partial charge in [0.2, 0.25) is 5.75 Å². The van der Waals surface area contributed by atoms with E-state index in [-0.39, 0.29) is 17.4 Å². The quantitative estimate of drug-likeness (QED) is 0.880. The van der Waals surface area contributed by atoms with Gasteiger partial charge in [0, 0.05) is 17.0 Å². The monoisotopic (exact) mass is 270 g/mol. The molecule has 2 N–H and O–H groups in total. The number of hydrogen-bond donors (Lipinski definition) is 2.